The smallest absolute Gasteiger partial charge is 0.255 e. The van der Waals surface area contributed by atoms with Crippen LogP contribution in [0.2, 0.25) is 0 Å². The minimum absolute atomic E-state index is 0.00793. The van der Waals surface area contributed by atoms with Gasteiger partial charge in [-0.15, -0.1) is 0 Å². The van der Waals surface area contributed by atoms with Crippen LogP contribution >= 0.6 is 0 Å². The second kappa shape index (κ2) is 9.44. The van der Waals surface area contributed by atoms with Crippen molar-refractivity contribution in [3.05, 3.63) is 65.2 Å². The third-order valence-electron chi connectivity index (χ3n) is 5.24. The van der Waals surface area contributed by atoms with E-state index in [2.05, 4.69) is 10.3 Å². The summed E-state index contributed by atoms with van der Waals surface area (Å²) in [6.07, 6.45) is 4.76. The van der Waals surface area contributed by atoms with Crippen LogP contribution in [0.4, 0.5) is 4.39 Å². The number of aromatic nitrogens is 1. The molecule has 0 bridgehead atoms. The van der Waals surface area contributed by atoms with E-state index in [0.717, 1.165) is 30.5 Å². The summed E-state index contributed by atoms with van der Waals surface area (Å²) in [5.41, 5.74) is 2.41. The summed E-state index contributed by atoms with van der Waals surface area (Å²) in [4.78, 5) is 30.6. The Kier molecular flexibility index (Phi) is 6.74. The number of halogens is 1. The molecule has 2 aromatic rings. The van der Waals surface area contributed by atoms with E-state index in [1.165, 1.54) is 12.1 Å². The van der Waals surface area contributed by atoms with Crippen molar-refractivity contribution in [1.29, 1.82) is 0 Å². The average Bonchev–Trinajstić information content (AvgIpc) is 2.72. The Morgan fingerprint density at radius 1 is 1.14 bits per heavy atom. The molecular weight excluding hydrogens is 357 g/mol. The zero-order valence-corrected chi connectivity index (χ0v) is 16.2. The quantitative estimate of drug-likeness (QED) is 0.831. The molecule has 1 aromatic carbocycles. The lowest BCUT2D eigenvalue weighted by Crippen LogP contribution is -2.38. The fourth-order valence-corrected chi connectivity index (χ4v) is 3.43. The molecule has 5 nitrogen and oxygen atoms in total. The van der Waals surface area contributed by atoms with Crippen LogP contribution in [-0.4, -0.2) is 34.8 Å². The zero-order valence-electron chi connectivity index (χ0n) is 16.2. The summed E-state index contributed by atoms with van der Waals surface area (Å²) in [6, 6.07) is 9.80. The third-order valence-corrected chi connectivity index (χ3v) is 5.24. The molecule has 3 rings (SSSR count). The van der Waals surface area contributed by atoms with Crippen LogP contribution in [0.5, 0.6) is 0 Å². The van der Waals surface area contributed by atoms with Crippen LogP contribution < -0.4 is 5.32 Å². The molecule has 1 saturated heterocycles. The number of carbonyl (C=O) groups excluding carboxylic acids is 2. The number of nitrogens with zero attached hydrogens (tertiary/aromatic N) is 2. The van der Waals surface area contributed by atoms with Crippen LogP contribution in [0.15, 0.2) is 42.6 Å². The fraction of sp³-hybridized carbons (Fsp3) is 0.409. The van der Waals surface area contributed by atoms with Gasteiger partial charge < -0.3 is 10.2 Å². The molecular formula is C22H26FN3O2. The number of rotatable bonds is 6. The minimum Gasteiger partial charge on any atom is -0.352 e. The van der Waals surface area contributed by atoms with E-state index in [1.807, 2.05) is 24.0 Å². The van der Waals surface area contributed by atoms with Gasteiger partial charge in [-0.3, -0.25) is 14.6 Å². The van der Waals surface area contributed by atoms with E-state index in [1.54, 1.807) is 18.3 Å². The Balaban J connectivity index is 1.37. The summed E-state index contributed by atoms with van der Waals surface area (Å²) >= 11 is 0. The third kappa shape index (κ3) is 5.62. The number of aryl methyl sites for hydroxylation is 1. The molecule has 1 fully saturated rings. The van der Waals surface area contributed by atoms with Gasteiger partial charge in [0.15, 0.2) is 0 Å². The number of nitrogens with one attached hydrogen (secondary N) is 1. The molecule has 2 heterocycles. The van der Waals surface area contributed by atoms with E-state index in [4.69, 9.17) is 0 Å². The van der Waals surface area contributed by atoms with Crippen LogP contribution in [0.1, 0.15) is 47.3 Å². The van der Waals surface area contributed by atoms with Gasteiger partial charge in [-0.2, -0.15) is 0 Å². The standard InChI is InChI=1S/C22H26FN3O2/c1-16-2-6-19(15-24-16)22(28)26-12-10-17(11-13-26)5-9-21(27)25-14-18-3-7-20(23)8-4-18/h2-4,6-8,15,17H,5,9-14H2,1H3,(H,25,27). The van der Waals surface area contributed by atoms with Crippen molar-refractivity contribution < 1.29 is 14.0 Å². The van der Waals surface area contributed by atoms with Gasteiger partial charge in [0.05, 0.1) is 5.56 Å². The summed E-state index contributed by atoms with van der Waals surface area (Å²) in [5, 5.41) is 2.88. The maximum Gasteiger partial charge on any atom is 0.255 e. The number of hydrogen-bond acceptors (Lipinski definition) is 3. The Morgan fingerprint density at radius 3 is 2.50 bits per heavy atom. The second-order valence-electron chi connectivity index (χ2n) is 7.37. The predicted molar refractivity (Wildman–Crippen MR) is 105 cm³/mol. The van der Waals surface area contributed by atoms with E-state index in [9.17, 15) is 14.0 Å². The molecule has 28 heavy (non-hydrogen) atoms. The highest BCUT2D eigenvalue weighted by atomic mass is 19.1. The molecule has 1 N–H and O–H groups in total. The Bertz CT molecular complexity index is 798. The second-order valence-corrected chi connectivity index (χ2v) is 7.37. The molecule has 0 aliphatic carbocycles. The van der Waals surface area contributed by atoms with Crippen molar-refractivity contribution in [2.45, 2.75) is 39.2 Å². The first kappa shape index (κ1) is 20.0. The van der Waals surface area contributed by atoms with Crippen LogP contribution in [0.25, 0.3) is 0 Å². The molecule has 1 aromatic heterocycles. The maximum atomic E-state index is 12.9. The van der Waals surface area contributed by atoms with Gasteiger partial charge in [0, 0.05) is 37.9 Å². The number of amides is 2. The zero-order chi connectivity index (χ0) is 19.9. The molecule has 1 aliphatic heterocycles. The molecule has 0 atom stereocenters. The highest BCUT2D eigenvalue weighted by Crippen LogP contribution is 2.23. The monoisotopic (exact) mass is 383 g/mol. The summed E-state index contributed by atoms with van der Waals surface area (Å²) < 4.78 is 12.9. The molecule has 1 aliphatic rings. The van der Waals surface area contributed by atoms with Gasteiger partial charge in [0.1, 0.15) is 5.82 Å². The van der Waals surface area contributed by atoms with Gasteiger partial charge >= 0.3 is 0 Å². The number of carbonyl (C=O) groups is 2. The van der Waals surface area contributed by atoms with E-state index in [0.29, 0.717) is 37.5 Å². The largest absolute Gasteiger partial charge is 0.352 e. The van der Waals surface area contributed by atoms with Crippen molar-refractivity contribution in [2.75, 3.05) is 13.1 Å². The van der Waals surface area contributed by atoms with Crippen LogP contribution in [0, 0.1) is 18.7 Å². The summed E-state index contributed by atoms with van der Waals surface area (Å²) in [7, 11) is 0. The lowest BCUT2D eigenvalue weighted by atomic mass is 9.91. The highest BCUT2D eigenvalue weighted by molar-refractivity contribution is 5.94. The number of pyridine rings is 1. The predicted octanol–water partition coefficient (Wildman–Crippen LogP) is 3.48. The first-order chi connectivity index (χ1) is 13.5. The average molecular weight is 383 g/mol. The van der Waals surface area contributed by atoms with Gasteiger partial charge in [-0.25, -0.2) is 4.39 Å². The topological polar surface area (TPSA) is 62.3 Å². The summed E-state index contributed by atoms with van der Waals surface area (Å²) in [6.45, 7) is 3.75. The Morgan fingerprint density at radius 2 is 1.86 bits per heavy atom. The molecule has 0 radical (unpaired) electrons. The number of benzene rings is 1. The SMILES string of the molecule is Cc1ccc(C(=O)N2CCC(CCC(=O)NCc3ccc(F)cc3)CC2)cn1. The van der Waals surface area contributed by atoms with Crippen molar-refractivity contribution in [3.8, 4) is 0 Å². The molecule has 0 saturated carbocycles. The van der Waals surface area contributed by atoms with Crippen LogP contribution in [0.3, 0.4) is 0 Å². The van der Waals surface area contributed by atoms with Crippen molar-refractivity contribution >= 4 is 11.8 Å². The molecule has 6 heteroatoms. The highest BCUT2D eigenvalue weighted by Gasteiger charge is 2.24. The number of piperidine rings is 1. The molecule has 148 valence electrons. The molecule has 2 amide bonds. The lowest BCUT2D eigenvalue weighted by Gasteiger charge is -2.32. The van der Waals surface area contributed by atoms with E-state index >= 15 is 0 Å². The molecule has 0 spiro atoms. The first-order valence-corrected chi connectivity index (χ1v) is 9.74. The maximum absolute atomic E-state index is 12.9. The summed E-state index contributed by atoms with van der Waals surface area (Å²) in [5.74, 6) is 0.215. The Hall–Kier alpha value is -2.76. The van der Waals surface area contributed by atoms with Crippen molar-refractivity contribution in [2.24, 2.45) is 5.92 Å². The Labute approximate surface area is 165 Å². The van der Waals surface area contributed by atoms with E-state index < -0.39 is 0 Å². The number of hydrogen-bond donors (Lipinski definition) is 1. The first-order valence-electron chi connectivity index (χ1n) is 9.74. The lowest BCUT2D eigenvalue weighted by molar-refractivity contribution is -0.121. The van der Waals surface area contributed by atoms with Gasteiger partial charge in [-0.1, -0.05) is 12.1 Å². The van der Waals surface area contributed by atoms with Crippen LogP contribution in [-0.2, 0) is 11.3 Å². The normalized spacial score (nSPS) is 14.7. The van der Waals surface area contributed by atoms with Gasteiger partial charge in [-0.05, 0) is 61.9 Å². The minimum atomic E-state index is -0.279. The fourth-order valence-electron chi connectivity index (χ4n) is 3.43. The number of likely N-dealkylation sites (tertiary alicyclic amines) is 1. The van der Waals surface area contributed by atoms with Gasteiger partial charge in [0.2, 0.25) is 5.91 Å². The van der Waals surface area contributed by atoms with E-state index in [-0.39, 0.29) is 17.6 Å². The molecule has 0 unspecified atom stereocenters. The van der Waals surface area contributed by atoms with Gasteiger partial charge in [0.25, 0.3) is 5.91 Å². The van der Waals surface area contributed by atoms with Crippen molar-refractivity contribution in [3.63, 3.8) is 0 Å². The van der Waals surface area contributed by atoms with Crippen molar-refractivity contribution in [1.82, 2.24) is 15.2 Å².